The minimum atomic E-state index is 1.08. The molecule has 0 amide bonds. The first-order chi connectivity index (χ1) is 6.90. The normalized spacial score (nSPS) is 10.6. The summed E-state index contributed by atoms with van der Waals surface area (Å²) in [6.45, 7) is 2.20. The summed E-state index contributed by atoms with van der Waals surface area (Å²) in [7, 11) is 0. The lowest BCUT2D eigenvalue weighted by molar-refractivity contribution is 0.772. The second-order valence-corrected chi connectivity index (χ2v) is 4.31. The number of H-pyrrole nitrogens is 1. The molecule has 3 heteroatoms. The zero-order valence-electron chi connectivity index (χ0n) is 8.29. The van der Waals surface area contributed by atoms with Crippen molar-refractivity contribution >= 4 is 11.3 Å². The molecule has 0 fully saturated rings. The van der Waals surface area contributed by atoms with Gasteiger partial charge in [-0.1, -0.05) is 19.4 Å². The van der Waals surface area contributed by atoms with Crippen LogP contribution >= 0.6 is 11.3 Å². The number of hydrogen-bond acceptors (Lipinski definition) is 2. The zero-order valence-corrected chi connectivity index (χ0v) is 9.10. The number of aryl methyl sites for hydroxylation is 1. The maximum absolute atomic E-state index is 4.30. The van der Waals surface area contributed by atoms with Crippen molar-refractivity contribution in [1.29, 1.82) is 0 Å². The van der Waals surface area contributed by atoms with Crippen LogP contribution in [0.2, 0.25) is 0 Å². The maximum atomic E-state index is 4.30. The van der Waals surface area contributed by atoms with Crippen LogP contribution in [0.5, 0.6) is 0 Å². The lowest BCUT2D eigenvalue weighted by Crippen LogP contribution is -1.83. The summed E-state index contributed by atoms with van der Waals surface area (Å²) in [5, 5.41) is 9.46. The van der Waals surface area contributed by atoms with Gasteiger partial charge in [0.1, 0.15) is 5.69 Å². The fourth-order valence-corrected chi connectivity index (χ4v) is 2.09. The molecule has 2 nitrogen and oxygen atoms in total. The minimum absolute atomic E-state index is 1.08. The van der Waals surface area contributed by atoms with Crippen molar-refractivity contribution in [2.75, 3.05) is 0 Å². The summed E-state index contributed by atoms with van der Waals surface area (Å²) < 4.78 is 0. The quantitative estimate of drug-likeness (QED) is 0.815. The fraction of sp³-hybridized carbons (Fsp3) is 0.364. The Bertz CT molecular complexity index is 376. The Morgan fingerprint density at radius 2 is 2.43 bits per heavy atom. The fourth-order valence-electron chi connectivity index (χ4n) is 1.41. The number of aromatic nitrogens is 2. The molecule has 2 aromatic heterocycles. The largest absolute Gasteiger partial charge is 0.282 e. The van der Waals surface area contributed by atoms with Gasteiger partial charge in [0.15, 0.2) is 0 Å². The van der Waals surface area contributed by atoms with E-state index in [0.29, 0.717) is 0 Å². The number of hydrogen-bond donors (Lipinski definition) is 1. The number of thiophene rings is 1. The molecule has 0 aliphatic heterocycles. The molecule has 14 heavy (non-hydrogen) atoms. The third-order valence-electron chi connectivity index (χ3n) is 2.20. The molecule has 74 valence electrons. The van der Waals surface area contributed by atoms with E-state index in [9.17, 15) is 0 Å². The van der Waals surface area contributed by atoms with Crippen molar-refractivity contribution in [2.24, 2.45) is 0 Å². The number of unbranched alkanes of at least 4 members (excludes halogenated alkanes) is 1. The molecule has 0 bridgehead atoms. The van der Waals surface area contributed by atoms with Crippen molar-refractivity contribution in [3.05, 3.63) is 29.3 Å². The van der Waals surface area contributed by atoms with Gasteiger partial charge in [-0.2, -0.15) is 5.10 Å². The predicted molar refractivity (Wildman–Crippen MR) is 60.5 cm³/mol. The van der Waals surface area contributed by atoms with Crippen LogP contribution < -0.4 is 0 Å². The average molecular weight is 206 g/mol. The van der Waals surface area contributed by atoms with E-state index < -0.39 is 0 Å². The Balaban J connectivity index is 2.10. The third kappa shape index (κ3) is 2.04. The Morgan fingerprint density at radius 1 is 1.50 bits per heavy atom. The molecule has 0 atom stereocenters. The van der Waals surface area contributed by atoms with Gasteiger partial charge in [0.25, 0.3) is 0 Å². The molecule has 0 spiro atoms. The summed E-state index contributed by atoms with van der Waals surface area (Å²) in [6.07, 6.45) is 3.56. The van der Waals surface area contributed by atoms with Crippen LogP contribution in [0, 0.1) is 0 Å². The summed E-state index contributed by atoms with van der Waals surface area (Å²) in [6, 6.07) is 6.31. The first kappa shape index (κ1) is 9.46. The Hall–Kier alpha value is -1.09. The van der Waals surface area contributed by atoms with Gasteiger partial charge >= 0.3 is 0 Å². The molecule has 0 unspecified atom stereocenters. The third-order valence-corrected chi connectivity index (χ3v) is 3.10. The van der Waals surface area contributed by atoms with Crippen LogP contribution in [0.4, 0.5) is 0 Å². The molecule has 0 aliphatic rings. The SMILES string of the molecule is CCCCc1cc(-c2cccs2)n[nH]1. The van der Waals surface area contributed by atoms with E-state index >= 15 is 0 Å². The highest BCUT2D eigenvalue weighted by Crippen LogP contribution is 2.23. The van der Waals surface area contributed by atoms with Crippen LogP contribution in [0.1, 0.15) is 25.5 Å². The predicted octanol–water partition coefficient (Wildman–Crippen LogP) is 3.48. The van der Waals surface area contributed by atoms with Crippen LogP contribution in [0.3, 0.4) is 0 Å². The molecule has 0 saturated heterocycles. The van der Waals surface area contributed by atoms with Crippen LogP contribution in [0.15, 0.2) is 23.6 Å². The molecule has 2 heterocycles. The molecule has 0 saturated carbocycles. The van der Waals surface area contributed by atoms with Gasteiger partial charge in [-0.05, 0) is 30.4 Å². The highest BCUT2D eigenvalue weighted by Gasteiger charge is 2.03. The van der Waals surface area contributed by atoms with E-state index in [4.69, 9.17) is 0 Å². The maximum Gasteiger partial charge on any atom is 0.102 e. The lowest BCUT2D eigenvalue weighted by Gasteiger charge is -1.91. The van der Waals surface area contributed by atoms with Gasteiger partial charge < -0.3 is 0 Å². The standard InChI is InChI=1S/C11H14N2S/c1-2-3-5-9-8-10(13-12-9)11-6-4-7-14-11/h4,6-8H,2-3,5H2,1H3,(H,12,13). The Kier molecular flexibility index (Phi) is 2.99. The first-order valence-corrected chi connectivity index (χ1v) is 5.86. The van der Waals surface area contributed by atoms with Gasteiger partial charge in [0, 0.05) is 5.69 Å². The number of aromatic amines is 1. The highest BCUT2D eigenvalue weighted by molar-refractivity contribution is 7.13. The topological polar surface area (TPSA) is 28.7 Å². The Labute approximate surface area is 88.0 Å². The van der Waals surface area contributed by atoms with Crippen LogP contribution in [-0.2, 0) is 6.42 Å². The second kappa shape index (κ2) is 4.42. The van der Waals surface area contributed by atoms with Crippen molar-refractivity contribution in [2.45, 2.75) is 26.2 Å². The van der Waals surface area contributed by atoms with E-state index in [1.54, 1.807) is 11.3 Å². The monoisotopic (exact) mass is 206 g/mol. The molecule has 1 N–H and O–H groups in total. The highest BCUT2D eigenvalue weighted by atomic mass is 32.1. The smallest absolute Gasteiger partial charge is 0.102 e. The zero-order chi connectivity index (χ0) is 9.80. The van der Waals surface area contributed by atoms with Gasteiger partial charge in [-0.15, -0.1) is 11.3 Å². The molecular formula is C11H14N2S. The average Bonchev–Trinajstić information content (AvgIpc) is 2.85. The number of nitrogens with one attached hydrogen (secondary N) is 1. The molecule has 2 aromatic rings. The van der Waals surface area contributed by atoms with Crippen molar-refractivity contribution in [3.63, 3.8) is 0 Å². The van der Waals surface area contributed by atoms with E-state index in [1.165, 1.54) is 23.4 Å². The van der Waals surface area contributed by atoms with E-state index in [2.05, 4.69) is 40.7 Å². The number of nitrogens with zero attached hydrogens (tertiary/aromatic N) is 1. The van der Waals surface area contributed by atoms with Crippen molar-refractivity contribution in [1.82, 2.24) is 10.2 Å². The lowest BCUT2D eigenvalue weighted by atomic mass is 10.2. The summed E-state index contributed by atoms with van der Waals surface area (Å²) >= 11 is 1.73. The molecule has 0 aliphatic carbocycles. The molecule has 0 radical (unpaired) electrons. The summed E-state index contributed by atoms with van der Waals surface area (Å²) in [5.41, 5.74) is 2.32. The van der Waals surface area contributed by atoms with E-state index in [1.807, 2.05) is 0 Å². The number of rotatable bonds is 4. The van der Waals surface area contributed by atoms with Gasteiger partial charge in [0.05, 0.1) is 4.88 Å². The van der Waals surface area contributed by atoms with Gasteiger partial charge in [-0.25, -0.2) is 0 Å². The van der Waals surface area contributed by atoms with Crippen LogP contribution in [-0.4, -0.2) is 10.2 Å². The summed E-state index contributed by atoms with van der Waals surface area (Å²) in [4.78, 5) is 1.24. The summed E-state index contributed by atoms with van der Waals surface area (Å²) in [5.74, 6) is 0. The Morgan fingerprint density at radius 3 is 3.14 bits per heavy atom. The molecule has 0 aromatic carbocycles. The van der Waals surface area contributed by atoms with E-state index in [-0.39, 0.29) is 0 Å². The second-order valence-electron chi connectivity index (χ2n) is 3.36. The van der Waals surface area contributed by atoms with E-state index in [0.717, 1.165) is 12.1 Å². The van der Waals surface area contributed by atoms with Crippen molar-refractivity contribution in [3.8, 4) is 10.6 Å². The van der Waals surface area contributed by atoms with Crippen LogP contribution in [0.25, 0.3) is 10.6 Å². The molecular weight excluding hydrogens is 192 g/mol. The van der Waals surface area contributed by atoms with Gasteiger partial charge in [-0.3, -0.25) is 5.10 Å². The van der Waals surface area contributed by atoms with Gasteiger partial charge in [0.2, 0.25) is 0 Å². The van der Waals surface area contributed by atoms with Crippen molar-refractivity contribution < 1.29 is 0 Å². The molecule has 2 rings (SSSR count). The minimum Gasteiger partial charge on any atom is -0.282 e. The first-order valence-electron chi connectivity index (χ1n) is 4.98.